The van der Waals surface area contributed by atoms with E-state index in [4.69, 9.17) is 22.1 Å². The molecular formula is C17H22ClN3O2. The van der Waals surface area contributed by atoms with Crippen LogP contribution in [0.4, 0.5) is 0 Å². The minimum absolute atomic E-state index is 0.0193. The van der Waals surface area contributed by atoms with Gasteiger partial charge in [0.1, 0.15) is 5.69 Å². The van der Waals surface area contributed by atoms with E-state index in [9.17, 15) is 4.79 Å². The number of halogens is 1. The molecule has 4 N–H and O–H groups in total. The Hall–Kier alpha value is -1.56. The third-order valence-electron chi connectivity index (χ3n) is 4.40. The van der Waals surface area contributed by atoms with Crippen LogP contribution in [0.5, 0.6) is 0 Å². The van der Waals surface area contributed by atoms with E-state index in [1.54, 1.807) is 6.07 Å². The lowest BCUT2D eigenvalue weighted by atomic mass is 9.88. The molecule has 0 spiro atoms. The van der Waals surface area contributed by atoms with Crippen molar-refractivity contribution in [2.45, 2.75) is 44.4 Å². The van der Waals surface area contributed by atoms with Crippen molar-refractivity contribution in [3.63, 3.8) is 0 Å². The number of H-pyrrole nitrogens is 1. The van der Waals surface area contributed by atoms with Gasteiger partial charge < -0.3 is 20.8 Å². The maximum Gasteiger partial charge on any atom is 0.268 e. The molecule has 0 bridgehead atoms. The van der Waals surface area contributed by atoms with Crippen molar-refractivity contribution in [1.82, 2.24) is 10.3 Å². The summed E-state index contributed by atoms with van der Waals surface area (Å²) >= 11 is 5.98. The predicted octanol–water partition coefficient (Wildman–Crippen LogP) is 2.84. The molecule has 2 aromatic rings. The molecule has 1 fully saturated rings. The van der Waals surface area contributed by atoms with Crippen molar-refractivity contribution in [1.29, 1.82) is 0 Å². The van der Waals surface area contributed by atoms with E-state index >= 15 is 0 Å². The summed E-state index contributed by atoms with van der Waals surface area (Å²) in [6.45, 7) is 2.69. The highest BCUT2D eigenvalue weighted by Gasteiger charge is 2.29. The molecule has 1 aliphatic carbocycles. The molecule has 124 valence electrons. The number of nitrogens with two attached hydrogens (primary N) is 1. The first-order chi connectivity index (χ1) is 11.1. The van der Waals surface area contributed by atoms with Gasteiger partial charge in [0, 0.05) is 34.6 Å². The third kappa shape index (κ3) is 3.68. The van der Waals surface area contributed by atoms with Crippen molar-refractivity contribution in [2.75, 3.05) is 6.61 Å². The molecule has 0 saturated heterocycles. The van der Waals surface area contributed by atoms with Crippen molar-refractivity contribution in [2.24, 2.45) is 5.73 Å². The number of fused-ring (bicyclic) bond motifs is 1. The van der Waals surface area contributed by atoms with Crippen LogP contribution < -0.4 is 11.1 Å². The zero-order valence-electron chi connectivity index (χ0n) is 13.1. The highest BCUT2D eigenvalue weighted by molar-refractivity contribution is 6.31. The number of hydrogen-bond acceptors (Lipinski definition) is 3. The average Bonchev–Trinajstić information content (AvgIpc) is 2.93. The highest BCUT2D eigenvalue weighted by Crippen LogP contribution is 2.22. The zero-order valence-corrected chi connectivity index (χ0v) is 13.9. The largest absolute Gasteiger partial charge is 0.378 e. The minimum atomic E-state index is -0.132. The Labute approximate surface area is 140 Å². The fourth-order valence-corrected chi connectivity index (χ4v) is 3.38. The maximum absolute atomic E-state index is 12.5. The monoisotopic (exact) mass is 335 g/mol. The second kappa shape index (κ2) is 6.91. The molecular weight excluding hydrogens is 314 g/mol. The van der Waals surface area contributed by atoms with E-state index in [2.05, 4.69) is 10.3 Å². The predicted molar refractivity (Wildman–Crippen MR) is 91.8 cm³/mol. The Kier molecular flexibility index (Phi) is 4.90. The van der Waals surface area contributed by atoms with Crippen LogP contribution in [-0.2, 0) is 4.74 Å². The van der Waals surface area contributed by atoms with E-state index in [1.165, 1.54) is 0 Å². The first-order valence-electron chi connectivity index (χ1n) is 8.03. The Morgan fingerprint density at radius 3 is 3.00 bits per heavy atom. The van der Waals surface area contributed by atoms with E-state index < -0.39 is 0 Å². The SMILES string of the molecule is CCOC1CC[C@H](NC(=O)c2cc3cc(Cl)ccc3[nH]2)[C@H](N)C1. The molecule has 3 rings (SSSR count). The zero-order chi connectivity index (χ0) is 16.4. The van der Waals surface area contributed by atoms with Gasteiger partial charge in [0.25, 0.3) is 5.91 Å². The number of carbonyl (C=O) groups excluding carboxylic acids is 1. The van der Waals surface area contributed by atoms with Crippen LogP contribution in [0.3, 0.4) is 0 Å². The third-order valence-corrected chi connectivity index (χ3v) is 4.63. The number of carbonyl (C=O) groups is 1. The Bertz CT molecular complexity index is 700. The first kappa shape index (κ1) is 16.3. The second-order valence-corrected chi connectivity index (χ2v) is 6.49. The van der Waals surface area contributed by atoms with Crippen LogP contribution in [0.25, 0.3) is 10.9 Å². The van der Waals surface area contributed by atoms with E-state index in [1.807, 2.05) is 25.1 Å². The van der Waals surface area contributed by atoms with Crippen LogP contribution in [0.15, 0.2) is 24.3 Å². The molecule has 1 amide bonds. The van der Waals surface area contributed by atoms with E-state index in [0.717, 1.165) is 30.2 Å². The molecule has 23 heavy (non-hydrogen) atoms. The van der Waals surface area contributed by atoms with E-state index in [-0.39, 0.29) is 24.1 Å². The molecule has 5 nitrogen and oxygen atoms in total. The van der Waals surface area contributed by atoms with Crippen LogP contribution in [0, 0.1) is 0 Å². The second-order valence-electron chi connectivity index (χ2n) is 6.05. The van der Waals surface area contributed by atoms with E-state index in [0.29, 0.717) is 17.3 Å². The van der Waals surface area contributed by atoms with Gasteiger partial charge in [-0.05, 0) is 50.5 Å². The number of ether oxygens (including phenoxy) is 1. The number of aromatic amines is 1. The molecule has 6 heteroatoms. The number of hydrogen-bond donors (Lipinski definition) is 3. The molecule has 1 unspecified atom stereocenters. The van der Waals surface area contributed by atoms with Gasteiger partial charge in [0.2, 0.25) is 0 Å². The van der Waals surface area contributed by atoms with Gasteiger partial charge in [0.15, 0.2) is 0 Å². The summed E-state index contributed by atoms with van der Waals surface area (Å²) in [7, 11) is 0. The summed E-state index contributed by atoms with van der Waals surface area (Å²) in [5, 5.41) is 4.62. The van der Waals surface area contributed by atoms with Gasteiger partial charge in [-0.1, -0.05) is 11.6 Å². The van der Waals surface area contributed by atoms with Crippen molar-refractivity contribution < 1.29 is 9.53 Å². The Balaban J connectivity index is 1.66. The van der Waals surface area contributed by atoms with Crippen LogP contribution in [-0.4, -0.2) is 35.7 Å². The average molecular weight is 336 g/mol. The first-order valence-corrected chi connectivity index (χ1v) is 8.41. The number of nitrogens with one attached hydrogen (secondary N) is 2. The summed E-state index contributed by atoms with van der Waals surface area (Å²) in [5.41, 5.74) is 7.62. The topological polar surface area (TPSA) is 80.1 Å². The standard InChI is InChI=1S/C17H22ClN3O2/c1-2-23-12-4-6-15(13(19)9-12)21-17(22)16-8-10-7-11(18)3-5-14(10)20-16/h3,5,7-8,12-13,15,20H,2,4,6,9,19H2,1H3,(H,21,22)/t12?,13-,15+/m1/s1. The number of benzene rings is 1. The number of rotatable bonds is 4. The lowest BCUT2D eigenvalue weighted by Crippen LogP contribution is -2.52. The fourth-order valence-electron chi connectivity index (χ4n) is 3.20. The number of amides is 1. The smallest absolute Gasteiger partial charge is 0.268 e. The minimum Gasteiger partial charge on any atom is -0.378 e. The molecule has 0 radical (unpaired) electrons. The summed E-state index contributed by atoms with van der Waals surface area (Å²) in [6, 6.07) is 7.22. The lowest BCUT2D eigenvalue weighted by molar-refractivity contribution is 0.0238. The summed E-state index contributed by atoms with van der Waals surface area (Å²) in [5.74, 6) is -0.132. The van der Waals surface area contributed by atoms with Crippen LogP contribution >= 0.6 is 11.6 Å². The normalized spacial score (nSPS) is 24.7. The molecule has 0 aliphatic heterocycles. The molecule has 1 aromatic carbocycles. The summed E-state index contributed by atoms with van der Waals surface area (Å²) < 4.78 is 5.63. The lowest BCUT2D eigenvalue weighted by Gasteiger charge is -2.34. The molecule has 1 heterocycles. The van der Waals surface area contributed by atoms with Crippen molar-refractivity contribution in [3.8, 4) is 0 Å². The quantitative estimate of drug-likeness (QED) is 0.803. The molecule has 3 atom stereocenters. The van der Waals surface area contributed by atoms with Gasteiger partial charge in [0.05, 0.1) is 6.10 Å². The Morgan fingerprint density at radius 2 is 2.26 bits per heavy atom. The fraction of sp³-hybridized carbons (Fsp3) is 0.471. The van der Waals surface area contributed by atoms with Gasteiger partial charge in [-0.15, -0.1) is 0 Å². The number of aromatic nitrogens is 1. The van der Waals surface area contributed by atoms with Gasteiger partial charge in [-0.25, -0.2) is 0 Å². The molecule has 1 saturated carbocycles. The highest BCUT2D eigenvalue weighted by atomic mass is 35.5. The van der Waals surface area contributed by atoms with Crippen LogP contribution in [0.1, 0.15) is 36.7 Å². The van der Waals surface area contributed by atoms with Gasteiger partial charge in [-0.2, -0.15) is 0 Å². The summed E-state index contributed by atoms with van der Waals surface area (Å²) in [6.07, 6.45) is 2.75. The Morgan fingerprint density at radius 1 is 1.43 bits per heavy atom. The molecule has 1 aliphatic rings. The van der Waals surface area contributed by atoms with Crippen molar-refractivity contribution >= 4 is 28.4 Å². The van der Waals surface area contributed by atoms with Crippen molar-refractivity contribution in [3.05, 3.63) is 35.0 Å². The van der Waals surface area contributed by atoms with Gasteiger partial charge in [-0.3, -0.25) is 4.79 Å². The summed E-state index contributed by atoms with van der Waals surface area (Å²) in [4.78, 5) is 15.6. The maximum atomic E-state index is 12.5. The van der Waals surface area contributed by atoms with Gasteiger partial charge >= 0.3 is 0 Å². The van der Waals surface area contributed by atoms with Crippen LogP contribution in [0.2, 0.25) is 5.02 Å². The molecule has 1 aromatic heterocycles.